The molecule has 2 heterocycles. The Balaban J connectivity index is 1.67. The van der Waals surface area contributed by atoms with Crippen LogP contribution >= 0.6 is 0 Å². The number of aromatic nitrogens is 2. The molecule has 4 rings (SSSR count). The molecule has 0 spiro atoms. The molecular weight excluding hydrogens is 354 g/mol. The van der Waals surface area contributed by atoms with E-state index in [1.165, 1.54) is 0 Å². The molecule has 0 radical (unpaired) electrons. The molecule has 2 amide bonds. The van der Waals surface area contributed by atoms with E-state index in [1.54, 1.807) is 11.9 Å². The van der Waals surface area contributed by atoms with Gasteiger partial charge in [-0.3, -0.25) is 9.59 Å². The Labute approximate surface area is 162 Å². The van der Waals surface area contributed by atoms with Crippen LogP contribution in [0.5, 0.6) is 0 Å². The highest BCUT2D eigenvalue weighted by atomic mass is 16.2. The highest BCUT2D eigenvalue weighted by Crippen LogP contribution is 2.26. The van der Waals surface area contributed by atoms with Crippen molar-refractivity contribution in [2.45, 2.75) is 25.9 Å². The number of nitrogens with two attached hydrogens (primary N) is 1. The Bertz CT molecular complexity index is 1050. The predicted molar refractivity (Wildman–Crippen MR) is 106 cm³/mol. The lowest BCUT2D eigenvalue weighted by molar-refractivity contribution is -0.120. The summed E-state index contributed by atoms with van der Waals surface area (Å²) in [6, 6.07) is 13.6. The number of fused-ring (bicyclic) bond motifs is 2. The van der Waals surface area contributed by atoms with Crippen LogP contribution in [0.2, 0.25) is 0 Å². The Morgan fingerprint density at radius 2 is 1.82 bits per heavy atom. The first-order valence-corrected chi connectivity index (χ1v) is 9.18. The van der Waals surface area contributed by atoms with E-state index in [0.717, 1.165) is 16.7 Å². The molecule has 1 aliphatic rings. The molecule has 0 saturated heterocycles. The quantitative estimate of drug-likeness (QED) is 0.727. The van der Waals surface area contributed by atoms with Gasteiger partial charge in [-0.25, -0.2) is 9.97 Å². The predicted octanol–water partition coefficient (Wildman–Crippen LogP) is 2.05. The van der Waals surface area contributed by atoms with Gasteiger partial charge in [0.05, 0.1) is 5.52 Å². The molecule has 7 heteroatoms. The van der Waals surface area contributed by atoms with E-state index >= 15 is 0 Å². The average Bonchev–Trinajstić information content (AvgIpc) is 3.15. The molecule has 142 valence electrons. The van der Waals surface area contributed by atoms with Crippen molar-refractivity contribution in [1.29, 1.82) is 0 Å². The minimum Gasteiger partial charge on any atom is -0.368 e. The molecule has 0 unspecified atom stereocenters. The van der Waals surface area contributed by atoms with Gasteiger partial charge in [0.25, 0.3) is 5.91 Å². The van der Waals surface area contributed by atoms with Crippen molar-refractivity contribution in [3.05, 3.63) is 64.8 Å². The molecule has 0 saturated carbocycles. The van der Waals surface area contributed by atoms with E-state index in [9.17, 15) is 9.59 Å². The first-order chi connectivity index (χ1) is 13.5. The smallest absolute Gasteiger partial charge is 0.273 e. The van der Waals surface area contributed by atoms with Crippen LogP contribution < -0.4 is 11.1 Å². The number of hydrogen-bond donors (Lipinski definition) is 2. The minimum atomic E-state index is -0.168. The SMILES string of the molecule is CNC(=O)CCc1ccc2nc(N)nc(C(=O)N3Cc4ccccc4C3)c2c1. The second-order valence-electron chi connectivity index (χ2n) is 6.89. The minimum absolute atomic E-state index is 0.0280. The maximum absolute atomic E-state index is 13.2. The molecule has 1 aliphatic heterocycles. The first-order valence-electron chi connectivity index (χ1n) is 9.18. The summed E-state index contributed by atoms with van der Waals surface area (Å²) in [6.45, 7) is 1.10. The third kappa shape index (κ3) is 3.38. The Morgan fingerprint density at radius 1 is 1.11 bits per heavy atom. The molecule has 0 bridgehead atoms. The Hall–Kier alpha value is -3.48. The second-order valence-corrected chi connectivity index (χ2v) is 6.89. The second kappa shape index (κ2) is 7.26. The summed E-state index contributed by atoms with van der Waals surface area (Å²) in [6.07, 6.45) is 0.950. The van der Waals surface area contributed by atoms with Gasteiger partial charge in [0.1, 0.15) is 5.69 Å². The number of nitrogens with one attached hydrogen (secondary N) is 1. The van der Waals surface area contributed by atoms with E-state index in [4.69, 9.17) is 5.73 Å². The number of aryl methyl sites for hydroxylation is 1. The molecule has 1 aromatic heterocycles. The summed E-state index contributed by atoms with van der Waals surface area (Å²) < 4.78 is 0. The van der Waals surface area contributed by atoms with E-state index in [1.807, 2.05) is 42.5 Å². The van der Waals surface area contributed by atoms with Crippen LogP contribution in [-0.4, -0.2) is 33.7 Å². The molecule has 2 aromatic carbocycles. The van der Waals surface area contributed by atoms with Gasteiger partial charge in [-0.15, -0.1) is 0 Å². The summed E-state index contributed by atoms with van der Waals surface area (Å²) >= 11 is 0. The summed E-state index contributed by atoms with van der Waals surface area (Å²) in [7, 11) is 1.62. The Kier molecular flexibility index (Phi) is 4.65. The summed E-state index contributed by atoms with van der Waals surface area (Å²) in [5.41, 5.74) is 10.0. The van der Waals surface area contributed by atoms with Crippen molar-refractivity contribution in [3.8, 4) is 0 Å². The van der Waals surface area contributed by atoms with Crippen molar-refractivity contribution in [2.24, 2.45) is 0 Å². The maximum atomic E-state index is 13.2. The summed E-state index contributed by atoms with van der Waals surface area (Å²) in [5.74, 6) is -0.121. The van der Waals surface area contributed by atoms with Gasteiger partial charge in [0.15, 0.2) is 0 Å². The summed E-state index contributed by atoms with van der Waals surface area (Å²) in [5, 5.41) is 3.27. The molecule has 28 heavy (non-hydrogen) atoms. The van der Waals surface area contributed by atoms with E-state index < -0.39 is 0 Å². The van der Waals surface area contributed by atoms with Crippen LogP contribution in [-0.2, 0) is 24.3 Å². The van der Waals surface area contributed by atoms with Gasteiger partial charge in [-0.1, -0.05) is 30.3 Å². The highest BCUT2D eigenvalue weighted by Gasteiger charge is 2.26. The van der Waals surface area contributed by atoms with Crippen molar-refractivity contribution in [2.75, 3.05) is 12.8 Å². The zero-order valence-electron chi connectivity index (χ0n) is 15.6. The van der Waals surface area contributed by atoms with E-state index in [2.05, 4.69) is 15.3 Å². The van der Waals surface area contributed by atoms with Crippen LogP contribution in [0.4, 0.5) is 5.95 Å². The maximum Gasteiger partial charge on any atom is 0.273 e. The van der Waals surface area contributed by atoms with Gasteiger partial charge in [-0.05, 0) is 35.2 Å². The largest absolute Gasteiger partial charge is 0.368 e. The molecular formula is C21H21N5O2. The number of amides is 2. The van der Waals surface area contributed by atoms with Crippen LogP contribution in [0.15, 0.2) is 42.5 Å². The topological polar surface area (TPSA) is 101 Å². The third-order valence-electron chi connectivity index (χ3n) is 5.03. The molecule has 0 aliphatic carbocycles. The first kappa shape index (κ1) is 17.9. The summed E-state index contributed by atoms with van der Waals surface area (Å²) in [4.78, 5) is 35.0. The van der Waals surface area contributed by atoms with Crippen molar-refractivity contribution in [1.82, 2.24) is 20.2 Å². The number of anilines is 1. The van der Waals surface area contributed by atoms with Crippen LogP contribution in [0.3, 0.4) is 0 Å². The fraction of sp³-hybridized carbons (Fsp3) is 0.238. The van der Waals surface area contributed by atoms with Gasteiger partial charge in [-0.2, -0.15) is 0 Å². The number of carbonyl (C=O) groups is 2. The van der Waals surface area contributed by atoms with E-state index in [-0.39, 0.29) is 17.8 Å². The highest BCUT2D eigenvalue weighted by molar-refractivity contribution is 6.05. The fourth-order valence-corrected chi connectivity index (χ4v) is 3.52. The standard InChI is InChI=1S/C21H21N5O2/c1-23-18(27)9-7-13-6-8-17-16(10-13)19(25-21(22)24-17)20(28)26-11-14-4-2-3-5-15(14)12-26/h2-6,8,10H,7,9,11-12H2,1H3,(H,23,27)(H2,22,24,25). The number of rotatable bonds is 4. The van der Waals surface area contributed by atoms with Gasteiger partial charge >= 0.3 is 0 Å². The third-order valence-corrected chi connectivity index (χ3v) is 5.03. The lowest BCUT2D eigenvalue weighted by Gasteiger charge is -2.16. The number of hydrogen-bond acceptors (Lipinski definition) is 5. The normalized spacial score (nSPS) is 12.8. The van der Waals surface area contributed by atoms with Gasteiger partial charge < -0.3 is 16.0 Å². The molecule has 0 atom stereocenters. The lowest BCUT2D eigenvalue weighted by Crippen LogP contribution is -2.27. The van der Waals surface area contributed by atoms with Gasteiger partial charge in [0, 0.05) is 31.9 Å². The zero-order valence-corrected chi connectivity index (χ0v) is 15.6. The van der Waals surface area contributed by atoms with Crippen molar-refractivity contribution >= 4 is 28.7 Å². The number of nitrogens with zero attached hydrogens (tertiary/aromatic N) is 3. The molecule has 3 aromatic rings. The lowest BCUT2D eigenvalue weighted by atomic mass is 10.0. The molecule has 0 fully saturated rings. The Morgan fingerprint density at radius 3 is 2.50 bits per heavy atom. The monoisotopic (exact) mass is 375 g/mol. The van der Waals surface area contributed by atoms with Crippen LogP contribution in [0.25, 0.3) is 10.9 Å². The molecule has 7 nitrogen and oxygen atoms in total. The molecule has 3 N–H and O–H groups in total. The number of benzene rings is 2. The fourth-order valence-electron chi connectivity index (χ4n) is 3.52. The van der Waals surface area contributed by atoms with Crippen molar-refractivity contribution in [3.63, 3.8) is 0 Å². The van der Waals surface area contributed by atoms with Crippen LogP contribution in [0, 0.1) is 0 Å². The van der Waals surface area contributed by atoms with Crippen LogP contribution in [0.1, 0.15) is 33.6 Å². The van der Waals surface area contributed by atoms with E-state index in [0.29, 0.717) is 42.5 Å². The van der Waals surface area contributed by atoms with Gasteiger partial charge in [0.2, 0.25) is 11.9 Å². The number of carbonyl (C=O) groups excluding carboxylic acids is 2. The zero-order chi connectivity index (χ0) is 19.7. The number of nitrogen functional groups attached to an aromatic ring is 1. The average molecular weight is 375 g/mol. The van der Waals surface area contributed by atoms with Crippen molar-refractivity contribution < 1.29 is 9.59 Å².